The molecule has 1 amide bonds. The predicted molar refractivity (Wildman–Crippen MR) is 44.8 cm³/mol. The van der Waals surface area contributed by atoms with E-state index in [2.05, 4.69) is 0 Å². The van der Waals surface area contributed by atoms with Crippen LogP contribution in [0.3, 0.4) is 0 Å². The summed E-state index contributed by atoms with van der Waals surface area (Å²) in [5, 5.41) is 17.0. The third-order valence-corrected chi connectivity index (χ3v) is 1.55. The maximum absolute atomic E-state index is 11.0. The van der Waals surface area contributed by atoms with E-state index in [4.69, 9.17) is 16.2 Å². The number of nitrogens with one attached hydrogen (secondary N) is 1. The van der Waals surface area contributed by atoms with Crippen LogP contribution in [0, 0.1) is 11.3 Å². The largest absolute Gasteiger partial charge is 0.398 e. The van der Waals surface area contributed by atoms with Crippen LogP contribution in [0.1, 0.15) is 15.9 Å². The number of nitriles is 1. The number of hydroxylamine groups is 1. The summed E-state index contributed by atoms with van der Waals surface area (Å²) in [7, 11) is 0. The van der Waals surface area contributed by atoms with Gasteiger partial charge in [0.25, 0.3) is 5.91 Å². The van der Waals surface area contributed by atoms with Crippen molar-refractivity contribution in [1.82, 2.24) is 5.48 Å². The van der Waals surface area contributed by atoms with Gasteiger partial charge in [-0.05, 0) is 12.1 Å². The fourth-order valence-electron chi connectivity index (χ4n) is 0.944. The third kappa shape index (κ3) is 1.58. The maximum Gasteiger partial charge on any atom is 0.276 e. The van der Waals surface area contributed by atoms with Crippen molar-refractivity contribution in [1.29, 1.82) is 5.26 Å². The van der Waals surface area contributed by atoms with E-state index in [0.717, 1.165) is 0 Å². The molecule has 13 heavy (non-hydrogen) atoms. The molecule has 0 bridgehead atoms. The Labute approximate surface area is 74.4 Å². The number of amides is 1. The summed E-state index contributed by atoms with van der Waals surface area (Å²) in [5.74, 6) is -0.746. The number of hydrogen-bond acceptors (Lipinski definition) is 4. The quantitative estimate of drug-likeness (QED) is 0.325. The van der Waals surface area contributed by atoms with Gasteiger partial charge in [0.15, 0.2) is 0 Å². The van der Waals surface area contributed by atoms with Gasteiger partial charge >= 0.3 is 0 Å². The number of carbonyl (C=O) groups excluding carboxylic acids is 1. The molecule has 0 saturated carbocycles. The molecule has 66 valence electrons. The normalized spacial score (nSPS) is 8.92. The molecule has 1 aromatic carbocycles. The van der Waals surface area contributed by atoms with Crippen molar-refractivity contribution in [3.05, 3.63) is 29.3 Å². The molecule has 0 spiro atoms. The smallest absolute Gasteiger partial charge is 0.276 e. The van der Waals surface area contributed by atoms with Crippen molar-refractivity contribution < 1.29 is 10.0 Å². The summed E-state index contributed by atoms with van der Waals surface area (Å²) in [6.07, 6.45) is 0. The number of nitrogens with zero attached hydrogens (tertiary/aromatic N) is 1. The molecular formula is C8H7N3O2. The molecule has 0 aliphatic rings. The van der Waals surface area contributed by atoms with Crippen LogP contribution in [0.15, 0.2) is 18.2 Å². The summed E-state index contributed by atoms with van der Waals surface area (Å²) in [4.78, 5) is 11.0. The molecule has 0 aliphatic carbocycles. The molecular weight excluding hydrogens is 170 g/mol. The van der Waals surface area contributed by atoms with Gasteiger partial charge in [-0.15, -0.1) is 0 Å². The molecule has 4 N–H and O–H groups in total. The van der Waals surface area contributed by atoms with Crippen molar-refractivity contribution in [2.45, 2.75) is 0 Å². The van der Waals surface area contributed by atoms with E-state index >= 15 is 0 Å². The van der Waals surface area contributed by atoms with Gasteiger partial charge in [0.1, 0.15) is 6.07 Å². The second-order valence-electron chi connectivity index (χ2n) is 2.32. The summed E-state index contributed by atoms with van der Waals surface area (Å²) in [6, 6.07) is 6.22. The SMILES string of the molecule is N#Cc1c(N)cccc1C(=O)NO. The van der Waals surface area contributed by atoms with Crippen LogP contribution in [0.5, 0.6) is 0 Å². The Morgan fingerprint density at radius 1 is 1.62 bits per heavy atom. The fraction of sp³-hybridized carbons (Fsp3) is 0. The zero-order valence-electron chi connectivity index (χ0n) is 6.61. The monoisotopic (exact) mass is 177 g/mol. The van der Waals surface area contributed by atoms with Gasteiger partial charge in [0.05, 0.1) is 16.8 Å². The van der Waals surface area contributed by atoms with Gasteiger partial charge < -0.3 is 5.73 Å². The molecule has 0 aliphatic heterocycles. The number of nitrogens with two attached hydrogens (primary N) is 1. The lowest BCUT2D eigenvalue weighted by Crippen LogP contribution is -2.20. The fourth-order valence-corrected chi connectivity index (χ4v) is 0.944. The van der Waals surface area contributed by atoms with Crippen LogP contribution >= 0.6 is 0 Å². The second kappa shape index (κ2) is 3.56. The topological polar surface area (TPSA) is 99.1 Å². The van der Waals surface area contributed by atoms with Crippen molar-refractivity contribution in [3.63, 3.8) is 0 Å². The molecule has 0 saturated heterocycles. The first kappa shape index (κ1) is 9.03. The van der Waals surface area contributed by atoms with E-state index < -0.39 is 5.91 Å². The van der Waals surface area contributed by atoms with Crippen LogP contribution in [0.4, 0.5) is 5.69 Å². The third-order valence-electron chi connectivity index (χ3n) is 1.55. The molecule has 0 radical (unpaired) electrons. The molecule has 0 atom stereocenters. The maximum atomic E-state index is 11.0. The summed E-state index contributed by atoms with van der Waals surface area (Å²) < 4.78 is 0. The zero-order chi connectivity index (χ0) is 9.84. The minimum Gasteiger partial charge on any atom is -0.398 e. The second-order valence-corrected chi connectivity index (χ2v) is 2.32. The Kier molecular flexibility index (Phi) is 2.47. The number of rotatable bonds is 1. The van der Waals surface area contributed by atoms with Gasteiger partial charge in [-0.25, -0.2) is 5.48 Å². The molecule has 0 aromatic heterocycles. The number of anilines is 1. The first-order valence-electron chi connectivity index (χ1n) is 3.43. The van der Waals surface area contributed by atoms with E-state index in [1.54, 1.807) is 6.07 Å². The minimum atomic E-state index is -0.746. The highest BCUT2D eigenvalue weighted by Crippen LogP contribution is 2.15. The van der Waals surface area contributed by atoms with Crippen molar-refractivity contribution >= 4 is 11.6 Å². The molecule has 5 heteroatoms. The highest BCUT2D eigenvalue weighted by molar-refractivity contribution is 5.97. The Bertz CT molecular complexity index is 381. The standard InChI is InChI=1S/C8H7N3O2/c9-4-6-5(8(12)11-13)2-1-3-7(6)10/h1-3,13H,10H2,(H,11,12). The Morgan fingerprint density at radius 3 is 2.85 bits per heavy atom. The van der Waals surface area contributed by atoms with E-state index in [-0.39, 0.29) is 16.8 Å². The number of nitrogen functional groups attached to an aromatic ring is 1. The summed E-state index contributed by atoms with van der Waals surface area (Å²) in [6.45, 7) is 0. The van der Waals surface area contributed by atoms with Gasteiger partial charge in [-0.2, -0.15) is 5.26 Å². The summed E-state index contributed by atoms with van der Waals surface area (Å²) >= 11 is 0. The number of hydrogen-bond donors (Lipinski definition) is 3. The van der Waals surface area contributed by atoms with Crippen molar-refractivity contribution in [2.75, 3.05) is 5.73 Å². The predicted octanol–water partition coefficient (Wildman–Crippen LogP) is 0.259. The van der Waals surface area contributed by atoms with Crippen LogP contribution in [0.25, 0.3) is 0 Å². The van der Waals surface area contributed by atoms with Crippen LogP contribution in [0.2, 0.25) is 0 Å². The van der Waals surface area contributed by atoms with Gasteiger partial charge in [0, 0.05) is 0 Å². The lowest BCUT2D eigenvalue weighted by molar-refractivity contribution is 0.0706. The molecule has 0 unspecified atom stereocenters. The van der Waals surface area contributed by atoms with Crippen LogP contribution in [-0.4, -0.2) is 11.1 Å². The Balaban J connectivity index is 3.30. The van der Waals surface area contributed by atoms with Crippen molar-refractivity contribution in [2.24, 2.45) is 0 Å². The van der Waals surface area contributed by atoms with Crippen LogP contribution < -0.4 is 11.2 Å². The Hall–Kier alpha value is -2.06. The average Bonchev–Trinajstić information content (AvgIpc) is 2.16. The Morgan fingerprint density at radius 2 is 2.31 bits per heavy atom. The van der Waals surface area contributed by atoms with Gasteiger partial charge in [-0.1, -0.05) is 6.07 Å². The van der Waals surface area contributed by atoms with E-state index in [9.17, 15) is 4.79 Å². The highest BCUT2D eigenvalue weighted by atomic mass is 16.5. The van der Waals surface area contributed by atoms with Gasteiger partial charge in [-0.3, -0.25) is 10.0 Å². The van der Waals surface area contributed by atoms with E-state index in [1.165, 1.54) is 23.7 Å². The minimum absolute atomic E-state index is 0.0602. The average molecular weight is 177 g/mol. The summed E-state index contributed by atoms with van der Waals surface area (Å²) in [5.41, 5.74) is 7.21. The molecule has 5 nitrogen and oxygen atoms in total. The first-order chi connectivity index (χ1) is 6.20. The first-order valence-corrected chi connectivity index (χ1v) is 3.43. The molecule has 0 fully saturated rings. The van der Waals surface area contributed by atoms with E-state index in [0.29, 0.717) is 0 Å². The highest BCUT2D eigenvalue weighted by Gasteiger charge is 2.11. The van der Waals surface area contributed by atoms with Crippen molar-refractivity contribution in [3.8, 4) is 6.07 Å². The number of carbonyl (C=O) groups is 1. The lowest BCUT2D eigenvalue weighted by atomic mass is 10.1. The van der Waals surface area contributed by atoms with Gasteiger partial charge in [0.2, 0.25) is 0 Å². The molecule has 0 heterocycles. The van der Waals surface area contributed by atoms with E-state index in [1.807, 2.05) is 0 Å². The van der Waals surface area contributed by atoms with Crippen LogP contribution in [-0.2, 0) is 0 Å². The molecule has 1 rings (SSSR count). The lowest BCUT2D eigenvalue weighted by Gasteiger charge is -2.02. The molecule has 1 aromatic rings. The number of benzene rings is 1. The zero-order valence-corrected chi connectivity index (χ0v) is 6.61.